The fourth-order valence-corrected chi connectivity index (χ4v) is 2.16. The first kappa shape index (κ1) is 7.88. The predicted octanol–water partition coefficient (Wildman–Crippen LogP) is 1.04. The SMILES string of the molecule is O=C1COC23C=CC=CC2=NC=CC13. The number of carbonyl (C=O) groups is 1. The third-order valence-electron chi connectivity index (χ3n) is 2.86. The molecule has 0 radical (unpaired) electrons. The van der Waals surface area contributed by atoms with E-state index in [9.17, 15) is 4.79 Å². The van der Waals surface area contributed by atoms with Gasteiger partial charge in [0.05, 0.1) is 11.6 Å². The van der Waals surface area contributed by atoms with Crippen LogP contribution in [0.3, 0.4) is 0 Å². The lowest BCUT2D eigenvalue weighted by atomic mass is 9.79. The highest BCUT2D eigenvalue weighted by atomic mass is 16.5. The fourth-order valence-electron chi connectivity index (χ4n) is 2.16. The van der Waals surface area contributed by atoms with E-state index in [0.29, 0.717) is 0 Å². The number of hydrogen-bond acceptors (Lipinski definition) is 3. The number of Topliss-reactive ketones (excluding diaryl/α,β-unsaturated/α-hetero) is 1. The zero-order chi connectivity index (χ0) is 9.60. The van der Waals surface area contributed by atoms with Crippen LogP contribution < -0.4 is 0 Å². The number of carbonyl (C=O) groups excluding carboxylic acids is 1. The molecule has 1 fully saturated rings. The first-order valence-electron chi connectivity index (χ1n) is 4.60. The summed E-state index contributed by atoms with van der Waals surface area (Å²) in [7, 11) is 0. The van der Waals surface area contributed by atoms with E-state index in [0.717, 1.165) is 5.71 Å². The van der Waals surface area contributed by atoms with E-state index < -0.39 is 5.60 Å². The third kappa shape index (κ3) is 0.800. The number of nitrogens with zero attached hydrogens (tertiary/aromatic N) is 1. The Morgan fingerprint density at radius 3 is 3.36 bits per heavy atom. The molecule has 0 bridgehead atoms. The smallest absolute Gasteiger partial charge is 0.169 e. The van der Waals surface area contributed by atoms with Crippen molar-refractivity contribution >= 4 is 11.5 Å². The van der Waals surface area contributed by atoms with Gasteiger partial charge in [-0.15, -0.1) is 0 Å². The molecule has 0 amide bonds. The van der Waals surface area contributed by atoms with Crippen LogP contribution in [0.5, 0.6) is 0 Å². The maximum atomic E-state index is 11.6. The molecule has 0 saturated carbocycles. The summed E-state index contributed by atoms with van der Waals surface area (Å²) in [6, 6.07) is 0. The van der Waals surface area contributed by atoms with Gasteiger partial charge in [-0.25, -0.2) is 0 Å². The van der Waals surface area contributed by atoms with Gasteiger partial charge in [-0.3, -0.25) is 9.79 Å². The number of allylic oxidation sites excluding steroid dienone is 2. The van der Waals surface area contributed by atoms with Crippen LogP contribution in [0, 0.1) is 5.92 Å². The van der Waals surface area contributed by atoms with Gasteiger partial charge in [0.15, 0.2) is 5.78 Å². The van der Waals surface area contributed by atoms with Crippen molar-refractivity contribution in [3.63, 3.8) is 0 Å². The second-order valence-electron chi connectivity index (χ2n) is 3.60. The Morgan fingerprint density at radius 1 is 1.50 bits per heavy atom. The van der Waals surface area contributed by atoms with Crippen LogP contribution in [0.2, 0.25) is 0 Å². The first-order valence-corrected chi connectivity index (χ1v) is 4.60. The largest absolute Gasteiger partial charge is 0.356 e. The van der Waals surface area contributed by atoms with E-state index in [2.05, 4.69) is 4.99 Å². The molecule has 0 aromatic carbocycles. The molecule has 3 nitrogen and oxygen atoms in total. The van der Waals surface area contributed by atoms with E-state index in [-0.39, 0.29) is 18.3 Å². The molecule has 3 aliphatic rings. The van der Waals surface area contributed by atoms with Gasteiger partial charge in [0, 0.05) is 6.20 Å². The standard InChI is InChI=1S/C11H9NO2/c13-9-7-14-11-5-2-1-3-10(11)12-6-4-8(9)11/h1-6,8H,7H2. The molecule has 14 heavy (non-hydrogen) atoms. The van der Waals surface area contributed by atoms with Crippen molar-refractivity contribution in [1.82, 2.24) is 0 Å². The van der Waals surface area contributed by atoms with Crippen molar-refractivity contribution in [2.45, 2.75) is 5.60 Å². The molecule has 0 aromatic heterocycles. The maximum Gasteiger partial charge on any atom is 0.169 e. The number of aliphatic imine (C=N–C) groups is 1. The number of ether oxygens (including phenoxy) is 1. The lowest BCUT2D eigenvalue weighted by Crippen LogP contribution is -2.44. The van der Waals surface area contributed by atoms with E-state index in [1.54, 1.807) is 6.20 Å². The van der Waals surface area contributed by atoms with Crippen molar-refractivity contribution in [2.75, 3.05) is 6.61 Å². The van der Waals surface area contributed by atoms with Crippen molar-refractivity contribution in [1.29, 1.82) is 0 Å². The number of rotatable bonds is 0. The highest BCUT2D eigenvalue weighted by molar-refractivity contribution is 6.11. The molecule has 2 heterocycles. The molecule has 0 aromatic rings. The average Bonchev–Trinajstić information content (AvgIpc) is 2.55. The maximum absolute atomic E-state index is 11.6. The second-order valence-corrected chi connectivity index (χ2v) is 3.60. The van der Waals surface area contributed by atoms with Gasteiger partial charge >= 0.3 is 0 Å². The highest BCUT2D eigenvalue weighted by Crippen LogP contribution is 2.38. The van der Waals surface area contributed by atoms with E-state index in [1.165, 1.54) is 0 Å². The Hall–Kier alpha value is -1.48. The molecule has 3 heteroatoms. The summed E-state index contributed by atoms with van der Waals surface area (Å²) < 4.78 is 5.59. The molecule has 2 atom stereocenters. The minimum Gasteiger partial charge on any atom is -0.356 e. The third-order valence-corrected chi connectivity index (χ3v) is 2.86. The van der Waals surface area contributed by atoms with E-state index >= 15 is 0 Å². The second kappa shape index (κ2) is 2.51. The van der Waals surface area contributed by atoms with Crippen LogP contribution in [0.1, 0.15) is 0 Å². The Balaban J connectivity index is 2.18. The van der Waals surface area contributed by atoms with Crippen molar-refractivity contribution in [3.8, 4) is 0 Å². The monoisotopic (exact) mass is 187 g/mol. The zero-order valence-corrected chi connectivity index (χ0v) is 7.51. The van der Waals surface area contributed by atoms with Gasteiger partial charge < -0.3 is 4.74 Å². The summed E-state index contributed by atoms with van der Waals surface area (Å²) >= 11 is 0. The molecule has 1 spiro atoms. The van der Waals surface area contributed by atoms with Crippen LogP contribution in [-0.4, -0.2) is 23.7 Å². The zero-order valence-electron chi connectivity index (χ0n) is 7.51. The topological polar surface area (TPSA) is 38.7 Å². The molecule has 0 N–H and O–H groups in total. The molecule has 2 aliphatic heterocycles. The average molecular weight is 187 g/mol. The molecule has 1 saturated heterocycles. The summed E-state index contributed by atoms with van der Waals surface area (Å²) in [6.07, 6.45) is 11.1. The summed E-state index contributed by atoms with van der Waals surface area (Å²) in [4.78, 5) is 15.8. The Kier molecular flexibility index (Phi) is 1.42. The summed E-state index contributed by atoms with van der Waals surface area (Å²) in [5, 5.41) is 0. The fraction of sp³-hybridized carbons (Fsp3) is 0.273. The van der Waals surface area contributed by atoms with Crippen molar-refractivity contribution in [2.24, 2.45) is 10.9 Å². The first-order chi connectivity index (χ1) is 6.83. The van der Waals surface area contributed by atoms with Crippen LogP contribution in [0.4, 0.5) is 0 Å². The van der Waals surface area contributed by atoms with E-state index in [1.807, 2.05) is 30.4 Å². The van der Waals surface area contributed by atoms with Crippen molar-refractivity contribution in [3.05, 3.63) is 36.6 Å². The molecule has 3 rings (SSSR count). The highest BCUT2D eigenvalue weighted by Gasteiger charge is 2.51. The lowest BCUT2D eigenvalue weighted by molar-refractivity contribution is -0.119. The lowest BCUT2D eigenvalue weighted by Gasteiger charge is -2.32. The quantitative estimate of drug-likeness (QED) is 0.568. The summed E-state index contributed by atoms with van der Waals surface area (Å²) in [5.41, 5.74) is 0.235. The normalized spacial score (nSPS) is 38.1. The molecule has 2 unspecified atom stereocenters. The number of ketones is 1. The van der Waals surface area contributed by atoms with Crippen LogP contribution in [0.15, 0.2) is 41.6 Å². The van der Waals surface area contributed by atoms with Gasteiger partial charge in [0.1, 0.15) is 12.2 Å². The van der Waals surface area contributed by atoms with Gasteiger partial charge in [-0.1, -0.05) is 18.2 Å². The molecule has 1 aliphatic carbocycles. The van der Waals surface area contributed by atoms with E-state index in [4.69, 9.17) is 4.74 Å². The minimum atomic E-state index is -0.597. The van der Waals surface area contributed by atoms with Crippen LogP contribution in [-0.2, 0) is 9.53 Å². The van der Waals surface area contributed by atoms with Gasteiger partial charge in [0.25, 0.3) is 0 Å². The van der Waals surface area contributed by atoms with Gasteiger partial charge in [0.2, 0.25) is 0 Å². The van der Waals surface area contributed by atoms with Crippen LogP contribution in [0.25, 0.3) is 0 Å². The molecule has 70 valence electrons. The Morgan fingerprint density at radius 2 is 2.43 bits per heavy atom. The Bertz CT molecular complexity index is 417. The summed E-state index contributed by atoms with van der Waals surface area (Å²) in [5.74, 6) is -0.0511. The predicted molar refractivity (Wildman–Crippen MR) is 52.0 cm³/mol. The Labute approximate surface area is 81.5 Å². The van der Waals surface area contributed by atoms with Gasteiger partial charge in [-0.2, -0.15) is 0 Å². The molecular formula is C11H9NO2. The van der Waals surface area contributed by atoms with Gasteiger partial charge in [-0.05, 0) is 12.2 Å². The van der Waals surface area contributed by atoms with Crippen LogP contribution >= 0.6 is 0 Å². The summed E-state index contributed by atoms with van der Waals surface area (Å²) in [6.45, 7) is 0.187. The minimum absolute atomic E-state index is 0.133. The number of hydrogen-bond donors (Lipinski definition) is 0. The molecular weight excluding hydrogens is 178 g/mol. The van der Waals surface area contributed by atoms with Crippen molar-refractivity contribution < 1.29 is 9.53 Å².